The fraction of sp³-hybridized carbons (Fsp3) is 0.211. The fourth-order valence-corrected chi connectivity index (χ4v) is 4.60. The third kappa shape index (κ3) is 2.46. The summed E-state index contributed by atoms with van der Waals surface area (Å²) in [6, 6.07) is 8.81. The lowest BCUT2D eigenvalue weighted by molar-refractivity contribution is 0.588. The minimum absolute atomic E-state index is 0.232. The molecule has 4 aromatic rings. The van der Waals surface area contributed by atoms with Crippen LogP contribution in [0.1, 0.15) is 31.0 Å². The Morgan fingerprint density at radius 1 is 1.12 bits per heavy atom. The molecule has 0 unspecified atom stereocenters. The van der Waals surface area contributed by atoms with E-state index in [0.29, 0.717) is 16.5 Å². The molecule has 3 nitrogen and oxygen atoms in total. The summed E-state index contributed by atoms with van der Waals surface area (Å²) in [5.41, 5.74) is 4.15. The first-order chi connectivity index (χ1) is 11.9. The molecule has 0 fully saturated rings. The van der Waals surface area contributed by atoms with Crippen LogP contribution in [0.2, 0.25) is 0 Å². The van der Waals surface area contributed by atoms with Gasteiger partial charge < -0.3 is 4.57 Å². The van der Waals surface area contributed by atoms with E-state index in [1.165, 1.54) is 6.07 Å². The van der Waals surface area contributed by atoms with Crippen molar-refractivity contribution in [3.05, 3.63) is 56.9 Å². The smallest absolute Gasteiger partial charge is 0.240 e. The maximum absolute atomic E-state index is 14.0. The van der Waals surface area contributed by atoms with Crippen molar-refractivity contribution < 1.29 is 8.78 Å². The summed E-state index contributed by atoms with van der Waals surface area (Å²) in [5.74, 6) is -0.490. The third-order valence-electron chi connectivity index (χ3n) is 4.52. The van der Waals surface area contributed by atoms with Crippen molar-refractivity contribution in [1.29, 1.82) is 0 Å². The summed E-state index contributed by atoms with van der Waals surface area (Å²) in [5, 5.41) is 7.88. The number of aromatic amines is 1. The third-order valence-corrected chi connectivity index (χ3v) is 5.66. The topological polar surface area (TPSA) is 33.6 Å². The molecule has 2 aromatic carbocycles. The van der Waals surface area contributed by atoms with Gasteiger partial charge in [-0.05, 0) is 71.3 Å². The minimum Gasteiger partial charge on any atom is -0.312 e. The second kappa shape index (κ2) is 5.79. The van der Waals surface area contributed by atoms with E-state index in [1.807, 2.05) is 18.2 Å². The number of rotatable bonds is 2. The van der Waals surface area contributed by atoms with Gasteiger partial charge in [-0.1, -0.05) is 13.8 Å². The van der Waals surface area contributed by atoms with Crippen LogP contribution in [0.5, 0.6) is 0 Å². The van der Waals surface area contributed by atoms with Crippen LogP contribution in [0.4, 0.5) is 8.78 Å². The molecule has 0 aliphatic carbocycles. The zero-order chi connectivity index (χ0) is 17.9. The zero-order valence-electron chi connectivity index (χ0n) is 14.0. The summed E-state index contributed by atoms with van der Waals surface area (Å²) >= 11 is 2.33. The fourth-order valence-electron chi connectivity index (χ4n) is 3.31. The lowest BCUT2D eigenvalue weighted by atomic mass is 10.1. The van der Waals surface area contributed by atoms with Crippen LogP contribution in [0, 0.1) is 22.3 Å². The van der Waals surface area contributed by atoms with E-state index >= 15 is 0 Å². The second-order valence-electron chi connectivity index (χ2n) is 6.55. The van der Waals surface area contributed by atoms with E-state index in [4.69, 9.17) is 0 Å². The molecular formula is C19H16F2IN3. The van der Waals surface area contributed by atoms with Crippen molar-refractivity contribution in [2.45, 2.75) is 26.7 Å². The number of nitrogens with one attached hydrogen (secondary N) is 1. The lowest BCUT2D eigenvalue weighted by Crippen LogP contribution is -2.03. The molecule has 128 valence electrons. The first-order valence-corrected chi connectivity index (χ1v) is 9.10. The molecule has 0 amide bonds. The van der Waals surface area contributed by atoms with E-state index in [1.54, 1.807) is 13.0 Å². The molecule has 0 saturated carbocycles. The summed E-state index contributed by atoms with van der Waals surface area (Å²) in [6.07, 6.45) is 0. The monoisotopic (exact) mass is 451 g/mol. The Labute approximate surface area is 157 Å². The molecule has 0 radical (unpaired) electrons. The van der Waals surface area contributed by atoms with Gasteiger partial charge in [0.15, 0.2) is 0 Å². The molecule has 0 aliphatic rings. The molecule has 1 N–H and O–H groups in total. The molecule has 0 aliphatic heterocycles. The van der Waals surface area contributed by atoms with Gasteiger partial charge in [-0.15, -0.1) is 5.10 Å². The van der Waals surface area contributed by atoms with Crippen molar-refractivity contribution in [2.75, 3.05) is 0 Å². The van der Waals surface area contributed by atoms with Gasteiger partial charge in [0.1, 0.15) is 5.82 Å². The Morgan fingerprint density at radius 2 is 1.88 bits per heavy atom. The first-order valence-electron chi connectivity index (χ1n) is 8.02. The lowest BCUT2D eigenvalue weighted by Gasteiger charge is -2.15. The normalized spacial score (nSPS) is 12.0. The van der Waals surface area contributed by atoms with Gasteiger partial charge >= 0.3 is 0 Å². The number of nitrogens with zero attached hydrogens (tertiary/aromatic N) is 2. The standard InChI is InChI=1S/C19H16F2IN3/c1-9(2)18-17(22)13-7-15-12(19(21)24-23-15)8-16(13)25(18)11-4-5-14(20)10(3)6-11/h4-9H,1-3H3,(H,23,24). The van der Waals surface area contributed by atoms with Gasteiger partial charge in [-0.3, -0.25) is 5.10 Å². The number of halogens is 3. The Bertz CT molecular complexity index is 1130. The van der Waals surface area contributed by atoms with E-state index in [9.17, 15) is 8.78 Å². The van der Waals surface area contributed by atoms with Crippen LogP contribution in [0.3, 0.4) is 0 Å². The van der Waals surface area contributed by atoms with Crippen LogP contribution >= 0.6 is 22.6 Å². The van der Waals surface area contributed by atoms with Crippen molar-refractivity contribution >= 4 is 44.4 Å². The molecule has 6 heteroatoms. The van der Waals surface area contributed by atoms with Crippen molar-refractivity contribution in [1.82, 2.24) is 14.8 Å². The van der Waals surface area contributed by atoms with E-state index in [0.717, 1.165) is 25.9 Å². The second-order valence-corrected chi connectivity index (χ2v) is 7.63. The van der Waals surface area contributed by atoms with Crippen molar-refractivity contribution in [3.63, 3.8) is 0 Å². The highest BCUT2D eigenvalue weighted by atomic mass is 127. The Balaban J connectivity index is 2.15. The molecular weight excluding hydrogens is 435 g/mol. The molecule has 2 heterocycles. The molecule has 2 aromatic heterocycles. The summed E-state index contributed by atoms with van der Waals surface area (Å²) in [4.78, 5) is 0. The molecule has 0 saturated heterocycles. The summed E-state index contributed by atoms with van der Waals surface area (Å²) in [7, 11) is 0. The Morgan fingerprint density at radius 3 is 2.56 bits per heavy atom. The predicted octanol–water partition coefficient (Wildman–Crippen LogP) is 5.82. The van der Waals surface area contributed by atoms with Crippen molar-refractivity contribution in [2.24, 2.45) is 0 Å². The van der Waals surface area contributed by atoms with Crippen LogP contribution in [-0.2, 0) is 0 Å². The number of hydrogen-bond acceptors (Lipinski definition) is 1. The molecule has 0 spiro atoms. The molecule has 0 atom stereocenters. The predicted molar refractivity (Wildman–Crippen MR) is 104 cm³/mol. The number of aromatic nitrogens is 3. The maximum atomic E-state index is 14.0. The number of aryl methyl sites for hydroxylation is 1. The highest BCUT2D eigenvalue weighted by molar-refractivity contribution is 14.1. The van der Waals surface area contributed by atoms with Gasteiger partial charge in [0.25, 0.3) is 0 Å². The molecule has 25 heavy (non-hydrogen) atoms. The maximum Gasteiger partial charge on any atom is 0.240 e. The summed E-state index contributed by atoms with van der Waals surface area (Å²) < 4.78 is 30.9. The van der Waals surface area contributed by atoms with Crippen LogP contribution < -0.4 is 0 Å². The van der Waals surface area contributed by atoms with Gasteiger partial charge in [-0.25, -0.2) is 4.39 Å². The quantitative estimate of drug-likeness (QED) is 0.383. The van der Waals surface area contributed by atoms with Crippen LogP contribution in [0.15, 0.2) is 30.3 Å². The van der Waals surface area contributed by atoms with Crippen LogP contribution in [0.25, 0.3) is 27.5 Å². The van der Waals surface area contributed by atoms with E-state index in [2.05, 4.69) is 51.2 Å². The Hall–Kier alpha value is -1.96. The average molecular weight is 451 g/mol. The highest BCUT2D eigenvalue weighted by Gasteiger charge is 2.21. The van der Waals surface area contributed by atoms with Gasteiger partial charge in [0, 0.05) is 20.3 Å². The number of fused-ring (bicyclic) bond motifs is 2. The number of H-pyrrole nitrogens is 1. The highest BCUT2D eigenvalue weighted by Crippen LogP contribution is 2.37. The van der Waals surface area contributed by atoms with E-state index in [-0.39, 0.29) is 11.7 Å². The average Bonchev–Trinajstić information content (AvgIpc) is 3.07. The van der Waals surface area contributed by atoms with Crippen molar-refractivity contribution in [3.8, 4) is 5.69 Å². The first kappa shape index (κ1) is 16.5. The van der Waals surface area contributed by atoms with Crippen LogP contribution in [-0.4, -0.2) is 14.8 Å². The van der Waals surface area contributed by atoms with Gasteiger partial charge in [0.2, 0.25) is 5.95 Å². The number of benzene rings is 2. The largest absolute Gasteiger partial charge is 0.312 e. The number of hydrogen-bond donors (Lipinski definition) is 1. The van der Waals surface area contributed by atoms with E-state index < -0.39 is 5.95 Å². The Kier molecular flexibility index (Phi) is 3.82. The summed E-state index contributed by atoms with van der Waals surface area (Å²) in [6.45, 7) is 5.99. The minimum atomic E-state index is -0.513. The molecule has 4 rings (SSSR count). The van der Waals surface area contributed by atoms with Gasteiger partial charge in [0.05, 0.1) is 16.4 Å². The molecule has 0 bridgehead atoms. The van der Waals surface area contributed by atoms with Gasteiger partial charge in [-0.2, -0.15) is 4.39 Å². The zero-order valence-corrected chi connectivity index (χ0v) is 16.1. The SMILES string of the molecule is Cc1cc(-n2c(C(C)C)c(I)c3cc4[nH]nc(F)c4cc32)ccc1F.